The third-order valence-corrected chi connectivity index (χ3v) is 3.45. The van der Waals surface area contributed by atoms with Crippen LogP contribution in [0.5, 0.6) is 5.75 Å². The molecule has 0 unspecified atom stereocenters. The minimum absolute atomic E-state index is 0.0826. The first-order chi connectivity index (χ1) is 12.1. The fourth-order valence-corrected chi connectivity index (χ4v) is 2.16. The monoisotopic (exact) mass is 342 g/mol. The highest BCUT2D eigenvalue weighted by Crippen LogP contribution is 2.15. The molecule has 0 aliphatic carbocycles. The minimum atomic E-state index is -0.340. The lowest BCUT2D eigenvalue weighted by Gasteiger charge is -2.09. The van der Waals surface area contributed by atoms with E-state index in [1.165, 1.54) is 0 Å². The second kappa shape index (κ2) is 9.32. The molecule has 0 saturated heterocycles. The van der Waals surface area contributed by atoms with Crippen LogP contribution in [0.1, 0.15) is 23.7 Å². The molecule has 0 bridgehead atoms. The van der Waals surface area contributed by atoms with E-state index < -0.39 is 0 Å². The van der Waals surface area contributed by atoms with E-state index in [0.717, 1.165) is 17.1 Å². The van der Waals surface area contributed by atoms with Gasteiger partial charge in [-0.3, -0.25) is 4.79 Å². The van der Waals surface area contributed by atoms with Crippen molar-refractivity contribution in [3.8, 4) is 5.75 Å². The summed E-state index contributed by atoms with van der Waals surface area (Å²) in [7, 11) is 1.60. The predicted molar refractivity (Wildman–Crippen MR) is 97.1 cm³/mol. The van der Waals surface area contributed by atoms with Crippen LogP contribution in [-0.2, 0) is 9.53 Å². The molecule has 0 radical (unpaired) electrons. The Morgan fingerprint density at radius 2 is 1.60 bits per heavy atom. The quantitative estimate of drug-likeness (QED) is 0.720. The molecule has 2 aromatic carbocycles. The Bertz CT molecular complexity index is 696. The summed E-state index contributed by atoms with van der Waals surface area (Å²) in [6.45, 7) is 2.60. The van der Waals surface area contributed by atoms with Crippen LogP contribution in [0, 0.1) is 0 Å². The van der Waals surface area contributed by atoms with Crippen molar-refractivity contribution >= 4 is 23.3 Å². The zero-order valence-electron chi connectivity index (χ0n) is 14.4. The van der Waals surface area contributed by atoms with E-state index in [-0.39, 0.29) is 11.9 Å². The summed E-state index contributed by atoms with van der Waals surface area (Å²) < 4.78 is 10.0. The molecule has 2 rings (SSSR count). The van der Waals surface area contributed by atoms with Gasteiger partial charge in [0, 0.05) is 24.3 Å². The molecular weight excluding hydrogens is 320 g/mol. The molecule has 2 N–H and O–H groups in total. The SMILES string of the molecule is CCOC(=O)c1ccc(NCCC(=O)Nc2ccc(OC)cc2)cc1. The van der Waals surface area contributed by atoms with Gasteiger partial charge in [-0.2, -0.15) is 0 Å². The highest BCUT2D eigenvalue weighted by atomic mass is 16.5. The van der Waals surface area contributed by atoms with Crippen LogP contribution < -0.4 is 15.4 Å². The molecule has 6 nitrogen and oxygen atoms in total. The summed E-state index contributed by atoms with van der Waals surface area (Å²) in [4.78, 5) is 23.5. The predicted octanol–water partition coefficient (Wildman–Crippen LogP) is 3.31. The van der Waals surface area contributed by atoms with Gasteiger partial charge in [-0.25, -0.2) is 4.79 Å². The molecule has 0 aliphatic heterocycles. The molecule has 0 aromatic heterocycles. The van der Waals surface area contributed by atoms with E-state index >= 15 is 0 Å². The summed E-state index contributed by atoms with van der Waals surface area (Å²) in [6, 6.07) is 14.1. The highest BCUT2D eigenvalue weighted by molar-refractivity contribution is 5.91. The van der Waals surface area contributed by atoms with Crippen LogP contribution in [0.4, 0.5) is 11.4 Å². The number of hydrogen-bond donors (Lipinski definition) is 2. The first-order valence-electron chi connectivity index (χ1n) is 8.07. The van der Waals surface area contributed by atoms with Gasteiger partial charge in [-0.15, -0.1) is 0 Å². The van der Waals surface area contributed by atoms with E-state index in [1.807, 2.05) is 0 Å². The van der Waals surface area contributed by atoms with Crippen LogP contribution in [-0.4, -0.2) is 32.1 Å². The van der Waals surface area contributed by atoms with Crippen LogP contribution in [0.3, 0.4) is 0 Å². The Morgan fingerprint density at radius 1 is 0.960 bits per heavy atom. The first kappa shape index (κ1) is 18.3. The fourth-order valence-electron chi connectivity index (χ4n) is 2.16. The standard InChI is InChI=1S/C19H22N2O4/c1-3-25-19(23)14-4-6-15(7-5-14)20-13-12-18(22)21-16-8-10-17(24-2)11-9-16/h4-11,20H,3,12-13H2,1-2H3,(H,21,22). The number of hydrogen-bond acceptors (Lipinski definition) is 5. The smallest absolute Gasteiger partial charge is 0.338 e. The normalized spacial score (nSPS) is 10.0. The maximum absolute atomic E-state index is 11.9. The van der Waals surface area contributed by atoms with Gasteiger partial charge in [-0.05, 0) is 55.5 Å². The molecule has 0 aliphatic rings. The summed E-state index contributed by atoms with van der Waals surface area (Å²) in [5, 5.41) is 5.97. The maximum Gasteiger partial charge on any atom is 0.338 e. The summed E-state index contributed by atoms with van der Waals surface area (Å²) >= 11 is 0. The first-order valence-corrected chi connectivity index (χ1v) is 8.07. The van der Waals surface area contributed by atoms with E-state index in [0.29, 0.717) is 25.1 Å². The highest BCUT2D eigenvalue weighted by Gasteiger charge is 2.06. The van der Waals surface area contributed by atoms with Crippen LogP contribution in [0.25, 0.3) is 0 Å². The molecular formula is C19H22N2O4. The number of methoxy groups -OCH3 is 1. The van der Waals surface area contributed by atoms with Crippen LogP contribution in [0.15, 0.2) is 48.5 Å². The molecule has 0 spiro atoms. The Labute approximate surface area is 147 Å². The van der Waals surface area contributed by atoms with Gasteiger partial charge >= 0.3 is 5.97 Å². The lowest BCUT2D eigenvalue weighted by atomic mass is 10.2. The number of amides is 1. The van der Waals surface area contributed by atoms with Crippen molar-refractivity contribution < 1.29 is 19.1 Å². The van der Waals surface area contributed by atoms with E-state index in [9.17, 15) is 9.59 Å². The lowest BCUT2D eigenvalue weighted by molar-refractivity contribution is -0.115. The van der Waals surface area contributed by atoms with E-state index in [2.05, 4.69) is 10.6 Å². The average Bonchev–Trinajstić information content (AvgIpc) is 2.63. The number of anilines is 2. The topological polar surface area (TPSA) is 76.7 Å². The van der Waals surface area contributed by atoms with Gasteiger partial charge in [0.1, 0.15) is 5.75 Å². The summed E-state index contributed by atoms with van der Waals surface area (Å²) in [5.74, 6) is 0.319. The number of rotatable bonds is 8. The van der Waals surface area contributed by atoms with Gasteiger partial charge in [0.15, 0.2) is 0 Å². The van der Waals surface area contributed by atoms with Crippen LogP contribution in [0.2, 0.25) is 0 Å². The van der Waals surface area contributed by atoms with Crippen molar-refractivity contribution in [3.05, 3.63) is 54.1 Å². The fraction of sp³-hybridized carbons (Fsp3) is 0.263. The molecule has 6 heteroatoms. The van der Waals surface area contributed by atoms with Crippen molar-refractivity contribution in [2.75, 3.05) is 30.9 Å². The van der Waals surface area contributed by atoms with Crippen LogP contribution >= 0.6 is 0 Å². The van der Waals surface area contributed by atoms with Gasteiger partial charge in [-0.1, -0.05) is 0 Å². The second-order valence-electron chi connectivity index (χ2n) is 5.25. The largest absolute Gasteiger partial charge is 0.497 e. The number of nitrogens with one attached hydrogen (secondary N) is 2. The molecule has 25 heavy (non-hydrogen) atoms. The molecule has 0 saturated carbocycles. The molecule has 2 aromatic rings. The Balaban J connectivity index is 1.75. The number of carbonyl (C=O) groups excluding carboxylic acids is 2. The van der Waals surface area contributed by atoms with Gasteiger partial charge in [0.2, 0.25) is 5.91 Å². The number of esters is 1. The van der Waals surface area contributed by atoms with Gasteiger partial charge in [0.25, 0.3) is 0 Å². The third-order valence-electron chi connectivity index (χ3n) is 3.45. The second-order valence-corrected chi connectivity index (χ2v) is 5.25. The van der Waals surface area contributed by atoms with Crippen molar-refractivity contribution in [3.63, 3.8) is 0 Å². The number of benzene rings is 2. The Hall–Kier alpha value is -3.02. The number of carbonyl (C=O) groups is 2. The van der Waals surface area contributed by atoms with E-state index in [4.69, 9.17) is 9.47 Å². The summed E-state index contributed by atoms with van der Waals surface area (Å²) in [5.41, 5.74) is 2.07. The van der Waals surface area contributed by atoms with Crippen molar-refractivity contribution in [1.82, 2.24) is 0 Å². The molecule has 0 fully saturated rings. The maximum atomic E-state index is 11.9. The Morgan fingerprint density at radius 3 is 2.20 bits per heavy atom. The zero-order chi connectivity index (χ0) is 18.1. The summed E-state index contributed by atoms with van der Waals surface area (Å²) in [6.07, 6.45) is 0.325. The Kier molecular flexibility index (Phi) is 6.83. The minimum Gasteiger partial charge on any atom is -0.497 e. The molecule has 1 amide bonds. The number of ether oxygens (including phenoxy) is 2. The molecule has 0 heterocycles. The zero-order valence-corrected chi connectivity index (χ0v) is 14.4. The third kappa shape index (κ3) is 5.84. The molecule has 0 atom stereocenters. The van der Waals surface area contributed by atoms with Gasteiger partial charge < -0.3 is 20.1 Å². The van der Waals surface area contributed by atoms with E-state index in [1.54, 1.807) is 62.6 Å². The van der Waals surface area contributed by atoms with Crippen molar-refractivity contribution in [2.24, 2.45) is 0 Å². The lowest BCUT2D eigenvalue weighted by Crippen LogP contribution is -2.16. The molecule has 132 valence electrons. The van der Waals surface area contributed by atoms with Crippen molar-refractivity contribution in [1.29, 1.82) is 0 Å². The van der Waals surface area contributed by atoms with Gasteiger partial charge in [0.05, 0.1) is 19.3 Å². The van der Waals surface area contributed by atoms with Crippen molar-refractivity contribution in [2.45, 2.75) is 13.3 Å². The average molecular weight is 342 g/mol.